The average molecular weight is 450 g/mol. The monoisotopic (exact) mass is 450 g/mol. The van der Waals surface area contributed by atoms with Gasteiger partial charge in [-0.2, -0.15) is 0 Å². The van der Waals surface area contributed by atoms with Crippen LogP contribution in [0.1, 0.15) is 28.9 Å². The van der Waals surface area contributed by atoms with E-state index in [1.807, 2.05) is 0 Å². The molecular weight excluding hydrogens is 431 g/mol. The number of benzene rings is 3. The van der Waals surface area contributed by atoms with Gasteiger partial charge in [0.2, 0.25) is 12.0 Å². The van der Waals surface area contributed by atoms with Crippen LogP contribution in [-0.2, 0) is 14.3 Å². The molecule has 0 aromatic heterocycles. The number of ether oxygens (including phenoxy) is 1. The first-order valence-electron chi connectivity index (χ1n) is 9.84. The maximum atomic E-state index is 13.2. The molecule has 4 rings (SSSR count). The SMILES string of the molecule is CC1Sc2ccc(C(=O)OC(C(=O)Nc3ccc(F)cc3)c3ccccc3)cc2NC1=O. The maximum Gasteiger partial charge on any atom is 0.339 e. The topological polar surface area (TPSA) is 84.5 Å². The Morgan fingerprint density at radius 3 is 2.50 bits per heavy atom. The Balaban J connectivity index is 1.56. The summed E-state index contributed by atoms with van der Waals surface area (Å²) in [4.78, 5) is 38.6. The van der Waals surface area contributed by atoms with Gasteiger partial charge in [-0.25, -0.2) is 9.18 Å². The first-order valence-corrected chi connectivity index (χ1v) is 10.7. The Morgan fingerprint density at radius 1 is 1.06 bits per heavy atom. The highest BCUT2D eigenvalue weighted by molar-refractivity contribution is 8.00. The first kappa shape index (κ1) is 21.6. The van der Waals surface area contributed by atoms with Crippen LogP contribution in [0.2, 0.25) is 0 Å². The van der Waals surface area contributed by atoms with E-state index in [1.165, 1.54) is 42.1 Å². The number of carbonyl (C=O) groups excluding carboxylic acids is 3. The Hall–Kier alpha value is -3.65. The van der Waals surface area contributed by atoms with Crippen molar-refractivity contribution in [2.75, 3.05) is 10.6 Å². The second-order valence-electron chi connectivity index (χ2n) is 7.15. The lowest BCUT2D eigenvalue weighted by atomic mass is 10.1. The van der Waals surface area contributed by atoms with Crippen LogP contribution in [-0.4, -0.2) is 23.0 Å². The van der Waals surface area contributed by atoms with Crippen molar-refractivity contribution < 1.29 is 23.5 Å². The van der Waals surface area contributed by atoms with Crippen LogP contribution in [0.25, 0.3) is 0 Å². The van der Waals surface area contributed by atoms with Gasteiger partial charge in [0.1, 0.15) is 5.82 Å². The average Bonchev–Trinajstić information content (AvgIpc) is 2.80. The summed E-state index contributed by atoms with van der Waals surface area (Å²) in [6.45, 7) is 1.80. The van der Waals surface area contributed by atoms with Crippen LogP contribution in [0.4, 0.5) is 15.8 Å². The molecule has 0 fully saturated rings. The summed E-state index contributed by atoms with van der Waals surface area (Å²) in [5.41, 5.74) is 1.58. The second-order valence-corrected chi connectivity index (χ2v) is 8.54. The lowest BCUT2D eigenvalue weighted by molar-refractivity contribution is -0.125. The molecule has 162 valence electrons. The van der Waals surface area contributed by atoms with Gasteiger partial charge < -0.3 is 15.4 Å². The molecule has 0 saturated carbocycles. The van der Waals surface area contributed by atoms with E-state index in [0.717, 1.165) is 4.90 Å². The minimum Gasteiger partial charge on any atom is -0.444 e. The third-order valence-corrected chi connectivity index (χ3v) is 6.00. The first-order chi connectivity index (χ1) is 15.4. The van der Waals surface area contributed by atoms with Crippen LogP contribution in [0, 0.1) is 5.82 Å². The summed E-state index contributed by atoms with van der Waals surface area (Å²) in [5, 5.41) is 5.19. The number of nitrogens with one attached hydrogen (secondary N) is 2. The van der Waals surface area contributed by atoms with Crippen molar-refractivity contribution in [1.82, 2.24) is 0 Å². The number of hydrogen-bond donors (Lipinski definition) is 2. The summed E-state index contributed by atoms with van der Waals surface area (Å²) in [6, 6.07) is 18.7. The van der Waals surface area contributed by atoms with Gasteiger partial charge in [0.15, 0.2) is 0 Å². The predicted molar refractivity (Wildman–Crippen MR) is 120 cm³/mol. The molecule has 1 aliphatic rings. The summed E-state index contributed by atoms with van der Waals surface area (Å²) in [5.74, 6) is -1.87. The summed E-state index contributed by atoms with van der Waals surface area (Å²) < 4.78 is 18.7. The third kappa shape index (κ3) is 4.81. The van der Waals surface area contributed by atoms with E-state index in [4.69, 9.17) is 4.74 Å². The Bertz CT molecular complexity index is 1170. The minimum absolute atomic E-state index is 0.145. The van der Waals surface area contributed by atoms with Gasteiger partial charge in [0, 0.05) is 16.1 Å². The van der Waals surface area contributed by atoms with Crippen LogP contribution in [0.15, 0.2) is 77.7 Å². The van der Waals surface area contributed by atoms with Gasteiger partial charge >= 0.3 is 5.97 Å². The van der Waals surface area contributed by atoms with Gasteiger partial charge in [-0.15, -0.1) is 11.8 Å². The van der Waals surface area contributed by atoms with E-state index < -0.39 is 23.8 Å². The minimum atomic E-state index is -1.23. The zero-order valence-electron chi connectivity index (χ0n) is 17.0. The molecule has 1 heterocycles. The van der Waals surface area contributed by atoms with Gasteiger partial charge in [-0.1, -0.05) is 30.3 Å². The molecule has 3 aromatic rings. The Morgan fingerprint density at radius 2 is 1.78 bits per heavy atom. The fraction of sp³-hybridized carbons (Fsp3) is 0.125. The number of anilines is 2. The number of rotatable bonds is 5. The number of hydrogen-bond acceptors (Lipinski definition) is 5. The number of thioether (sulfide) groups is 1. The fourth-order valence-corrected chi connectivity index (χ4v) is 4.08. The van der Waals surface area contributed by atoms with Crippen LogP contribution < -0.4 is 10.6 Å². The van der Waals surface area contributed by atoms with Crippen molar-refractivity contribution in [2.45, 2.75) is 23.2 Å². The lowest BCUT2D eigenvalue weighted by Crippen LogP contribution is -2.27. The highest BCUT2D eigenvalue weighted by Gasteiger charge is 2.28. The predicted octanol–water partition coefficient (Wildman–Crippen LogP) is 4.80. The van der Waals surface area contributed by atoms with Crippen molar-refractivity contribution >= 4 is 40.9 Å². The fourth-order valence-electron chi connectivity index (χ4n) is 3.15. The standard InChI is InChI=1S/C24H19FN2O4S/c1-14-22(28)27-19-13-16(7-12-20(19)32-14)24(30)31-21(15-5-3-2-4-6-15)23(29)26-18-10-8-17(25)9-11-18/h2-14,21H,1H3,(H,26,29)(H,27,28). The Kier molecular flexibility index (Phi) is 6.23. The molecule has 0 aliphatic carbocycles. The molecule has 8 heteroatoms. The van der Waals surface area contributed by atoms with E-state index >= 15 is 0 Å². The molecule has 2 atom stereocenters. The Labute approximate surface area is 188 Å². The normalized spacial score (nSPS) is 15.8. The molecule has 6 nitrogen and oxygen atoms in total. The summed E-state index contributed by atoms with van der Waals surface area (Å²) >= 11 is 1.40. The number of halogens is 1. The number of esters is 1. The van der Waals surface area contributed by atoms with Crippen molar-refractivity contribution in [3.8, 4) is 0 Å². The van der Waals surface area contributed by atoms with Crippen LogP contribution in [0.5, 0.6) is 0 Å². The summed E-state index contributed by atoms with van der Waals surface area (Å²) in [6.07, 6.45) is -1.23. The second kappa shape index (κ2) is 9.23. The molecule has 3 aromatic carbocycles. The zero-order valence-corrected chi connectivity index (χ0v) is 17.8. The van der Waals surface area contributed by atoms with E-state index in [-0.39, 0.29) is 16.7 Å². The molecule has 32 heavy (non-hydrogen) atoms. The molecule has 2 amide bonds. The molecule has 0 spiro atoms. The lowest BCUT2D eigenvalue weighted by Gasteiger charge is -2.22. The van der Waals surface area contributed by atoms with Gasteiger partial charge in [0.05, 0.1) is 16.5 Å². The molecule has 0 saturated heterocycles. The molecule has 2 unspecified atom stereocenters. The molecule has 0 radical (unpaired) electrons. The molecule has 0 bridgehead atoms. The van der Waals surface area contributed by atoms with Crippen molar-refractivity contribution in [2.24, 2.45) is 0 Å². The largest absolute Gasteiger partial charge is 0.444 e. The van der Waals surface area contributed by atoms with Crippen LogP contribution >= 0.6 is 11.8 Å². The van der Waals surface area contributed by atoms with E-state index in [2.05, 4.69) is 10.6 Å². The summed E-state index contributed by atoms with van der Waals surface area (Å²) in [7, 11) is 0. The smallest absolute Gasteiger partial charge is 0.339 e. The highest BCUT2D eigenvalue weighted by atomic mass is 32.2. The van der Waals surface area contributed by atoms with Gasteiger partial charge in [-0.05, 0) is 49.4 Å². The van der Waals surface area contributed by atoms with Crippen molar-refractivity contribution in [3.63, 3.8) is 0 Å². The van der Waals surface area contributed by atoms with Gasteiger partial charge in [0.25, 0.3) is 5.91 Å². The third-order valence-electron chi connectivity index (χ3n) is 4.82. The molecule has 1 aliphatic heterocycles. The molecular formula is C24H19FN2O4S. The van der Waals surface area contributed by atoms with Crippen LogP contribution in [0.3, 0.4) is 0 Å². The number of carbonyl (C=O) groups is 3. The number of amides is 2. The maximum absolute atomic E-state index is 13.2. The number of fused-ring (bicyclic) bond motifs is 1. The van der Waals surface area contributed by atoms with E-state index in [1.54, 1.807) is 49.4 Å². The molecule has 2 N–H and O–H groups in total. The van der Waals surface area contributed by atoms with Crippen molar-refractivity contribution in [1.29, 1.82) is 0 Å². The van der Waals surface area contributed by atoms with Gasteiger partial charge in [-0.3, -0.25) is 9.59 Å². The van der Waals surface area contributed by atoms with E-state index in [0.29, 0.717) is 16.9 Å². The van der Waals surface area contributed by atoms with E-state index in [9.17, 15) is 18.8 Å². The quantitative estimate of drug-likeness (QED) is 0.546. The van der Waals surface area contributed by atoms with Crippen molar-refractivity contribution in [3.05, 3.63) is 89.7 Å². The zero-order chi connectivity index (χ0) is 22.7. The highest BCUT2D eigenvalue weighted by Crippen LogP contribution is 2.36.